The molecule has 2 aromatic rings. The summed E-state index contributed by atoms with van der Waals surface area (Å²) in [6.45, 7) is 5.18. The van der Waals surface area contributed by atoms with E-state index in [9.17, 15) is 13.2 Å². The van der Waals surface area contributed by atoms with E-state index in [2.05, 4.69) is 25.2 Å². The number of anilines is 2. The van der Waals surface area contributed by atoms with Gasteiger partial charge >= 0.3 is 0 Å². The summed E-state index contributed by atoms with van der Waals surface area (Å²) < 4.78 is 27.2. The zero-order valence-corrected chi connectivity index (χ0v) is 17.3. The molecule has 1 aliphatic heterocycles. The molecule has 0 bridgehead atoms. The first-order valence-electron chi connectivity index (χ1n) is 9.07. The molecule has 0 radical (unpaired) electrons. The molecule has 28 heavy (non-hydrogen) atoms. The van der Waals surface area contributed by atoms with E-state index in [1.807, 2.05) is 4.90 Å². The Labute approximate surface area is 168 Å². The molecule has 11 heteroatoms. The lowest BCUT2D eigenvalue weighted by Gasteiger charge is -2.24. The van der Waals surface area contributed by atoms with Gasteiger partial charge in [0.15, 0.2) is 0 Å². The van der Waals surface area contributed by atoms with Gasteiger partial charge in [-0.3, -0.25) is 10.1 Å². The predicted molar refractivity (Wildman–Crippen MR) is 107 cm³/mol. The molecule has 1 saturated heterocycles. The topological polar surface area (TPSA) is 120 Å². The fourth-order valence-electron chi connectivity index (χ4n) is 2.94. The molecule has 3 N–H and O–H groups in total. The third-order valence-corrected chi connectivity index (χ3v) is 6.21. The SMILES string of the molecule is CC(C)NS(=O)(=O)c1ccc(Cl)c(C(=O)Nc2nc(N3CCCCC3)n[nH]2)c1. The number of aromatic nitrogens is 3. The summed E-state index contributed by atoms with van der Waals surface area (Å²) in [5.74, 6) is 0.127. The van der Waals surface area contributed by atoms with Crippen molar-refractivity contribution in [3.05, 3.63) is 28.8 Å². The maximum absolute atomic E-state index is 12.6. The number of piperidine rings is 1. The van der Waals surface area contributed by atoms with Crippen LogP contribution in [0, 0.1) is 0 Å². The zero-order chi connectivity index (χ0) is 20.3. The number of hydrogen-bond donors (Lipinski definition) is 3. The number of carbonyl (C=O) groups excluding carboxylic acids is 1. The number of nitrogens with zero attached hydrogens (tertiary/aromatic N) is 3. The van der Waals surface area contributed by atoms with Crippen molar-refractivity contribution < 1.29 is 13.2 Å². The summed E-state index contributed by atoms with van der Waals surface area (Å²) in [4.78, 5) is 18.9. The number of halogens is 1. The molecule has 1 aromatic carbocycles. The quantitative estimate of drug-likeness (QED) is 0.652. The first-order valence-corrected chi connectivity index (χ1v) is 10.9. The lowest BCUT2D eigenvalue weighted by atomic mass is 10.1. The lowest BCUT2D eigenvalue weighted by molar-refractivity contribution is 0.102. The lowest BCUT2D eigenvalue weighted by Crippen LogP contribution is -2.30. The van der Waals surface area contributed by atoms with Crippen LogP contribution in [-0.2, 0) is 10.0 Å². The largest absolute Gasteiger partial charge is 0.340 e. The van der Waals surface area contributed by atoms with E-state index in [1.54, 1.807) is 13.8 Å². The van der Waals surface area contributed by atoms with Crippen LogP contribution in [0.5, 0.6) is 0 Å². The van der Waals surface area contributed by atoms with Gasteiger partial charge in [0.1, 0.15) is 0 Å². The third kappa shape index (κ3) is 4.81. The Balaban J connectivity index is 1.77. The second kappa shape index (κ2) is 8.46. The molecule has 9 nitrogen and oxygen atoms in total. The van der Waals surface area contributed by atoms with Gasteiger partial charge < -0.3 is 4.90 Å². The molecular formula is C17H23ClN6O3S. The van der Waals surface area contributed by atoms with Crippen LogP contribution in [0.1, 0.15) is 43.5 Å². The number of carbonyl (C=O) groups is 1. The van der Waals surface area contributed by atoms with E-state index < -0.39 is 15.9 Å². The Hall–Kier alpha value is -2.17. The minimum absolute atomic E-state index is 0.0317. The Morgan fingerprint density at radius 1 is 1.25 bits per heavy atom. The molecule has 1 fully saturated rings. The highest BCUT2D eigenvalue weighted by molar-refractivity contribution is 7.89. The van der Waals surface area contributed by atoms with Crippen LogP contribution in [0.2, 0.25) is 5.02 Å². The number of amides is 1. The van der Waals surface area contributed by atoms with Gasteiger partial charge in [0.05, 0.1) is 15.5 Å². The fraction of sp³-hybridized carbons (Fsp3) is 0.471. The third-order valence-electron chi connectivity index (χ3n) is 4.23. The number of sulfonamides is 1. The molecule has 2 heterocycles. The number of hydrogen-bond acceptors (Lipinski definition) is 6. The summed E-state index contributed by atoms with van der Waals surface area (Å²) in [7, 11) is -3.75. The molecule has 1 aromatic heterocycles. The van der Waals surface area contributed by atoms with Crippen molar-refractivity contribution in [3.63, 3.8) is 0 Å². The summed E-state index contributed by atoms with van der Waals surface area (Å²) in [6.07, 6.45) is 3.35. The fourth-order valence-corrected chi connectivity index (χ4v) is 4.42. The first kappa shape index (κ1) is 20.6. The molecule has 3 rings (SSSR count). The monoisotopic (exact) mass is 426 g/mol. The summed E-state index contributed by atoms with van der Waals surface area (Å²) >= 11 is 6.11. The second-order valence-electron chi connectivity index (χ2n) is 6.90. The number of benzene rings is 1. The Kier molecular flexibility index (Phi) is 6.21. The van der Waals surface area contributed by atoms with Gasteiger partial charge in [0.2, 0.25) is 21.9 Å². The van der Waals surface area contributed by atoms with Crippen molar-refractivity contribution >= 4 is 39.4 Å². The molecule has 0 aliphatic carbocycles. The summed E-state index contributed by atoms with van der Waals surface area (Å²) in [5, 5.41) is 9.54. The molecule has 0 spiro atoms. The Morgan fingerprint density at radius 3 is 2.64 bits per heavy atom. The Bertz CT molecular complexity index is 954. The van der Waals surface area contributed by atoms with Gasteiger partial charge in [-0.1, -0.05) is 11.6 Å². The number of aromatic amines is 1. The van der Waals surface area contributed by atoms with E-state index in [-0.39, 0.29) is 27.5 Å². The van der Waals surface area contributed by atoms with Crippen molar-refractivity contribution in [2.45, 2.75) is 44.0 Å². The second-order valence-corrected chi connectivity index (χ2v) is 9.02. The van der Waals surface area contributed by atoms with Gasteiger partial charge in [0.25, 0.3) is 5.91 Å². The first-order chi connectivity index (χ1) is 13.3. The maximum Gasteiger partial charge on any atom is 0.259 e. The van der Waals surface area contributed by atoms with E-state index in [4.69, 9.17) is 11.6 Å². The molecule has 1 aliphatic rings. The number of H-pyrrole nitrogens is 1. The summed E-state index contributed by atoms with van der Waals surface area (Å²) in [5.41, 5.74) is 0.0317. The van der Waals surface area contributed by atoms with Crippen LogP contribution in [0.4, 0.5) is 11.9 Å². The van der Waals surface area contributed by atoms with Crippen molar-refractivity contribution in [2.24, 2.45) is 0 Å². The van der Waals surface area contributed by atoms with E-state index in [0.29, 0.717) is 5.95 Å². The van der Waals surface area contributed by atoms with Gasteiger partial charge in [-0.2, -0.15) is 4.98 Å². The highest BCUT2D eigenvalue weighted by Gasteiger charge is 2.21. The van der Waals surface area contributed by atoms with E-state index in [1.165, 1.54) is 24.6 Å². The Morgan fingerprint density at radius 2 is 1.96 bits per heavy atom. The van der Waals surface area contributed by atoms with Crippen LogP contribution in [0.25, 0.3) is 0 Å². The van der Waals surface area contributed by atoms with Crippen LogP contribution >= 0.6 is 11.6 Å². The normalized spacial score (nSPS) is 15.1. The molecule has 0 unspecified atom stereocenters. The van der Waals surface area contributed by atoms with Gasteiger partial charge in [-0.25, -0.2) is 18.2 Å². The summed E-state index contributed by atoms with van der Waals surface area (Å²) in [6, 6.07) is 3.70. The zero-order valence-electron chi connectivity index (χ0n) is 15.7. The van der Waals surface area contributed by atoms with Crippen molar-refractivity contribution in [1.29, 1.82) is 0 Å². The highest BCUT2D eigenvalue weighted by atomic mass is 35.5. The van der Waals surface area contributed by atoms with Gasteiger partial charge in [-0.15, -0.1) is 5.10 Å². The van der Waals surface area contributed by atoms with Crippen molar-refractivity contribution in [3.8, 4) is 0 Å². The van der Waals surface area contributed by atoms with E-state index >= 15 is 0 Å². The minimum Gasteiger partial charge on any atom is -0.340 e. The van der Waals surface area contributed by atoms with Crippen LogP contribution in [-0.4, -0.2) is 48.6 Å². The molecule has 152 valence electrons. The predicted octanol–water partition coefficient (Wildman–Crippen LogP) is 2.39. The number of rotatable bonds is 6. The average Bonchev–Trinajstić information content (AvgIpc) is 3.10. The standard InChI is InChI=1S/C17H23ClN6O3S/c1-11(2)23-28(26,27)12-6-7-14(18)13(10-12)15(25)19-16-20-17(22-21-16)24-8-4-3-5-9-24/h6-7,10-11,23H,3-5,8-9H2,1-2H3,(H2,19,20,21,22,25). The van der Waals surface area contributed by atoms with Crippen molar-refractivity contribution in [1.82, 2.24) is 19.9 Å². The molecular weight excluding hydrogens is 404 g/mol. The smallest absolute Gasteiger partial charge is 0.259 e. The molecule has 1 amide bonds. The molecule has 0 saturated carbocycles. The maximum atomic E-state index is 12.6. The average molecular weight is 427 g/mol. The van der Waals surface area contributed by atoms with Gasteiger partial charge in [-0.05, 0) is 51.3 Å². The molecule has 0 atom stereocenters. The number of nitrogens with one attached hydrogen (secondary N) is 3. The minimum atomic E-state index is -3.75. The van der Waals surface area contributed by atoms with Gasteiger partial charge in [0, 0.05) is 19.1 Å². The van der Waals surface area contributed by atoms with Crippen LogP contribution < -0.4 is 14.9 Å². The van der Waals surface area contributed by atoms with Crippen LogP contribution in [0.15, 0.2) is 23.1 Å². The highest BCUT2D eigenvalue weighted by Crippen LogP contribution is 2.22. The van der Waals surface area contributed by atoms with E-state index in [0.717, 1.165) is 25.9 Å². The van der Waals surface area contributed by atoms with Crippen LogP contribution in [0.3, 0.4) is 0 Å². The van der Waals surface area contributed by atoms with Crippen molar-refractivity contribution in [2.75, 3.05) is 23.3 Å².